The molecule has 2 N–H and O–H groups in total. The summed E-state index contributed by atoms with van der Waals surface area (Å²) < 4.78 is 28.6. The number of rotatable bonds is 4. The number of carbonyl (C=O) groups is 1. The van der Waals surface area contributed by atoms with Crippen LogP contribution in [-0.4, -0.2) is 38.2 Å². The fourth-order valence-electron chi connectivity index (χ4n) is 3.67. The molecule has 1 saturated carbocycles. The number of hydrogen-bond donors (Lipinski definition) is 2. The number of aromatic nitrogens is 1. The van der Waals surface area contributed by atoms with Gasteiger partial charge >= 0.3 is 0 Å². The van der Waals surface area contributed by atoms with Crippen molar-refractivity contribution in [2.75, 3.05) is 12.9 Å². The molecule has 0 spiro atoms. The van der Waals surface area contributed by atoms with Crippen LogP contribution in [0.2, 0.25) is 0 Å². The van der Waals surface area contributed by atoms with E-state index in [9.17, 15) is 18.0 Å². The second-order valence-corrected chi connectivity index (χ2v) is 9.04. The summed E-state index contributed by atoms with van der Waals surface area (Å²) in [7, 11) is -1.59. The zero-order valence-electron chi connectivity index (χ0n) is 14.8. The topological polar surface area (TPSA) is 105 Å². The van der Waals surface area contributed by atoms with E-state index in [1.54, 1.807) is 7.11 Å². The third-order valence-corrected chi connectivity index (χ3v) is 6.81. The fraction of sp³-hybridized carbons (Fsp3) is 0.368. The smallest absolute Gasteiger partial charge is 0.261 e. The minimum atomic E-state index is -3.28. The van der Waals surface area contributed by atoms with E-state index in [0.29, 0.717) is 5.52 Å². The maximum atomic E-state index is 12.4. The molecule has 142 valence electrons. The van der Waals surface area contributed by atoms with Gasteiger partial charge in [-0.1, -0.05) is 12.1 Å². The highest BCUT2D eigenvalue weighted by Crippen LogP contribution is 2.44. The number of nitrogens with one attached hydrogen (secondary N) is 2. The average molecular weight is 388 g/mol. The van der Waals surface area contributed by atoms with Crippen molar-refractivity contribution < 1.29 is 17.9 Å². The second kappa shape index (κ2) is 6.31. The van der Waals surface area contributed by atoms with Crippen LogP contribution in [0.25, 0.3) is 10.9 Å². The molecule has 1 aliphatic heterocycles. The molecule has 8 heteroatoms. The molecule has 1 aromatic heterocycles. The van der Waals surface area contributed by atoms with Gasteiger partial charge < -0.3 is 15.0 Å². The van der Waals surface area contributed by atoms with Crippen molar-refractivity contribution in [1.29, 1.82) is 0 Å². The lowest BCUT2D eigenvalue weighted by atomic mass is 9.74. The van der Waals surface area contributed by atoms with Crippen LogP contribution >= 0.6 is 0 Å². The molecule has 7 nitrogen and oxygen atoms in total. The lowest BCUT2D eigenvalue weighted by Gasteiger charge is -2.41. The number of methoxy groups -OCH3 is 1. The highest BCUT2D eigenvalue weighted by molar-refractivity contribution is 7.94. The Morgan fingerprint density at radius 3 is 2.67 bits per heavy atom. The van der Waals surface area contributed by atoms with E-state index in [1.165, 1.54) is 12.1 Å². The number of hydrogen-bond acceptors (Lipinski definition) is 5. The third kappa shape index (κ3) is 3.19. The molecule has 0 unspecified atom stereocenters. The van der Waals surface area contributed by atoms with Gasteiger partial charge in [-0.3, -0.25) is 9.59 Å². The Balaban J connectivity index is 1.63. The summed E-state index contributed by atoms with van der Waals surface area (Å²) in [5.74, 6) is -0.784. The highest BCUT2D eigenvalue weighted by atomic mass is 32.2. The Bertz CT molecular complexity index is 1110. The van der Waals surface area contributed by atoms with Crippen molar-refractivity contribution in [3.63, 3.8) is 0 Å². The summed E-state index contributed by atoms with van der Waals surface area (Å²) in [4.78, 5) is 27.6. The van der Waals surface area contributed by atoms with Crippen LogP contribution in [0.15, 0.2) is 40.5 Å². The lowest BCUT2D eigenvalue weighted by Crippen LogP contribution is -2.38. The zero-order chi connectivity index (χ0) is 19.2. The molecule has 0 saturated heterocycles. The molecule has 2 aliphatic rings. The van der Waals surface area contributed by atoms with Crippen LogP contribution in [0.3, 0.4) is 0 Å². The maximum absolute atomic E-state index is 12.4. The molecule has 0 radical (unpaired) electrons. The summed E-state index contributed by atoms with van der Waals surface area (Å²) in [5, 5.41) is 4.38. The van der Waals surface area contributed by atoms with Gasteiger partial charge in [0, 0.05) is 18.0 Å². The standard InChI is InChI=1S/C19H20N2O5S/c1-26-19(6-2-7-19)13-4-3-12-9-15(18(23)21-16(12)10-13)17(22)20-14-5-8-27(24,25)11-14/h3-5,8-10,14H,2,6-7,11H2,1H3,(H,20,22)(H,21,23)/t14-/m1/s1. The number of carbonyl (C=O) groups excluding carboxylic acids is 1. The van der Waals surface area contributed by atoms with E-state index in [-0.39, 0.29) is 16.9 Å². The molecule has 1 fully saturated rings. The first-order chi connectivity index (χ1) is 12.8. The molecule has 2 aromatic rings. The van der Waals surface area contributed by atoms with Gasteiger partial charge in [-0.05, 0) is 48.4 Å². The number of aromatic amines is 1. The van der Waals surface area contributed by atoms with Crippen LogP contribution in [0.5, 0.6) is 0 Å². The van der Waals surface area contributed by atoms with E-state index in [2.05, 4.69) is 10.3 Å². The van der Waals surface area contributed by atoms with Crippen molar-refractivity contribution in [3.8, 4) is 0 Å². The molecule has 1 atom stereocenters. The van der Waals surface area contributed by atoms with Crippen molar-refractivity contribution in [3.05, 3.63) is 57.2 Å². The van der Waals surface area contributed by atoms with Crippen molar-refractivity contribution in [2.24, 2.45) is 0 Å². The summed E-state index contributed by atoms with van der Waals surface area (Å²) in [5.41, 5.74) is 0.806. The number of sulfone groups is 1. The highest BCUT2D eigenvalue weighted by Gasteiger charge is 2.38. The second-order valence-electron chi connectivity index (χ2n) is 7.10. The molecule has 0 bridgehead atoms. The minimum Gasteiger partial charge on any atom is -0.374 e. The first-order valence-electron chi connectivity index (χ1n) is 8.76. The normalized spacial score (nSPS) is 22.5. The monoisotopic (exact) mass is 388 g/mol. The van der Waals surface area contributed by atoms with E-state index in [0.717, 1.165) is 35.6 Å². The minimum absolute atomic E-state index is 0.0435. The van der Waals surface area contributed by atoms with Gasteiger partial charge in [0.15, 0.2) is 9.84 Å². The summed E-state index contributed by atoms with van der Waals surface area (Å²) in [6, 6.07) is 6.61. The number of ether oxygens (including phenoxy) is 1. The summed E-state index contributed by atoms with van der Waals surface area (Å²) in [6.45, 7) is 0. The van der Waals surface area contributed by atoms with Crippen LogP contribution in [0.4, 0.5) is 0 Å². The van der Waals surface area contributed by atoms with Gasteiger partial charge in [-0.2, -0.15) is 0 Å². The van der Waals surface area contributed by atoms with Crippen molar-refractivity contribution in [2.45, 2.75) is 30.9 Å². The number of H-pyrrole nitrogens is 1. The lowest BCUT2D eigenvalue weighted by molar-refractivity contribution is -0.0777. The van der Waals surface area contributed by atoms with Gasteiger partial charge in [-0.25, -0.2) is 8.42 Å². The van der Waals surface area contributed by atoms with Gasteiger partial charge in [0.2, 0.25) is 0 Å². The molecular formula is C19H20N2O5S. The summed E-state index contributed by atoms with van der Waals surface area (Å²) in [6.07, 6.45) is 4.40. The van der Waals surface area contributed by atoms with Gasteiger partial charge in [0.25, 0.3) is 11.5 Å². The van der Waals surface area contributed by atoms with Crippen LogP contribution in [0.1, 0.15) is 35.2 Å². The molecule has 4 rings (SSSR count). The quantitative estimate of drug-likeness (QED) is 0.828. The Kier molecular flexibility index (Phi) is 4.20. The molecular weight excluding hydrogens is 368 g/mol. The molecule has 2 heterocycles. The Labute approximate surface area is 156 Å². The Morgan fingerprint density at radius 1 is 1.30 bits per heavy atom. The van der Waals surface area contributed by atoms with Crippen molar-refractivity contribution >= 4 is 26.6 Å². The number of pyridine rings is 1. The Hall–Kier alpha value is -2.45. The number of fused-ring (bicyclic) bond motifs is 1. The van der Waals surface area contributed by atoms with Gasteiger partial charge in [0.1, 0.15) is 5.56 Å². The maximum Gasteiger partial charge on any atom is 0.261 e. The van der Waals surface area contributed by atoms with Gasteiger partial charge in [0.05, 0.1) is 17.4 Å². The SMILES string of the molecule is COC1(c2ccc3cc(C(=O)N[C@@H]4C=CS(=O)(=O)C4)c(=O)[nH]c3c2)CCC1. The first kappa shape index (κ1) is 17.9. The van der Waals surface area contributed by atoms with Crippen molar-refractivity contribution in [1.82, 2.24) is 10.3 Å². The average Bonchev–Trinajstić information content (AvgIpc) is 2.92. The van der Waals surface area contributed by atoms with E-state index in [4.69, 9.17) is 4.74 Å². The van der Waals surface area contributed by atoms with Crippen LogP contribution in [-0.2, 0) is 20.2 Å². The largest absolute Gasteiger partial charge is 0.374 e. The Morgan fingerprint density at radius 2 is 2.07 bits per heavy atom. The number of amides is 1. The van der Waals surface area contributed by atoms with E-state index in [1.807, 2.05) is 18.2 Å². The predicted octanol–water partition coefficient (Wildman–Crippen LogP) is 1.59. The first-order valence-corrected chi connectivity index (χ1v) is 10.5. The van der Waals surface area contributed by atoms with Gasteiger partial charge in [-0.15, -0.1) is 0 Å². The fourth-order valence-corrected chi connectivity index (χ4v) is 4.91. The zero-order valence-corrected chi connectivity index (χ0v) is 15.6. The molecule has 1 aliphatic carbocycles. The molecule has 1 amide bonds. The number of benzene rings is 1. The molecule has 1 aromatic carbocycles. The van der Waals surface area contributed by atoms with E-state index < -0.39 is 27.3 Å². The molecule has 27 heavy (non-hydrogen) atoms. The van der Waals surface area contributed by atoms with E-state index >= 15 is 0 Å². The van der Waals surface area contributed by atoms with Crippen LogP contribution in [0, 0.1) is 0 Å². The predicted molar refractivity (Wildman–Crippen MR) is 101 cm³/mol. The third-order valence-electron chi connectivity index (χ3n) is 5.42. The van der Waals surface area contributed by atoms with Crippen LogP contribution < -0.4 is 10.9 Å². The summed E-state index contributed by atoms with van der Waals surface area (Å²) >= 11 is 0.